The van der Waals surface area contributed by atoms with Crippen molar-refractivity contribution in [3.8, 4) is 0 Å². The topological polar surface area (TPSA) is 54.4 Å². The van der Waals surface area contributed by atoms with E-state index in [2.05, 4.69) is 13.8 Å². The Morgan fingerprint density at radius 3 is 2.35 bits per heavy atom. The van der Waals surface area contributed by atoms with Crippen LogP contribution in [0.1, 0.15) is 38.7 Å². The third-order valence-corrected chi connectivity index (χ3v) is 3.93. The second-order valence-corrected chi connectivity index (χ2v) is 6.48. The van der Waals surface area contributed by atoms with Crippen molar-refractivity contribution in [2.24, 2.45) is 11.8 Å². The smallest absolute Gasteiger partial charge is 0.303 e. The van der Waals surface area contributed by atoms with Gasteiger partial charge >= 0.3 is 5.97 Å². The van der Waals surface area contributed by atoms with Gasteiger partial charge in [-0.1, -0.05) is 55.9 Å². The summed E-state index contributed by atoms with van der Waals surface area (Å²) in [7, 11) is 0. The normalized spacial score (nSPS) is 12.3. The zero-order valence-corrected chi connectivity index (χ0v) is 12.9. The molecule has 4 heteroatoms. The fourth-order valence-corrected chi connectivity index (χ4v) is 3.06. The molecule has 0 radical (unpaired) electrons. The first-order chi connectivity index (χ1) is 9.47. The molecule has 110 valence electrons. The minimum absolute atomic E-state index is 0.0525. The van der Waals surface area contributed by atoms with Crippen LogP contribution in [-0.4, -0.2) is 16.2 Å². The SMILES string of the molecule is CC(C)CC(CC(=O)O)CC(=O)SCc1ccccc1. The molecule has 0 aromatic heterocycles. The highest BCUT2D eigenvalue weighted by Gasteiger charge is 2.18. The lowest BCUT2D eigenvalue weighted by Gasteiger charge is -2.16. The summed E-state index contributed by atoms with van der Waals surface area (Å²) in [6.07, 6.45) is 1.21. The van der Waals surface area contributed by atoms with Gasteiger partial charge in [-0.25, -0.2) is 0 Å². The number of carbonyl (C=O) groups excluding carboxylic acids is 1. The third-order valence-electron chi connectivity index (χ3n) is 2.97. The van der Waals surface area contributed by atoms with Crippen molar-refractivity contribution < 1.29 is 14.7 Å². The highest BCUT2D eigenvalue weighted by atomic mass is 32.2. The van der Waals surface area contributed by atoms with Crippen LogP contribution in [0, 0.1) is 11.8 Å². The van der Waals surface area contributed by atoms with Crippen molar-refractivity contribution in [2.75, 3.05) is 0 Å². The summed E-state index contributed by atoms with van der Waals surface area (Å²) in [5.41, 5.74) is 1.12. The van der Waals surface area contributed by atoms with Crippen LogP contribution in [0.2, 0.25) is 0 Å². The largest absolute Gasteiger partial charge is 0.481 e. The van der Waals surface area contributed by atoms with E-state index >= 15 is 0 Å². The minimum atomic E-state index is -0.823. The fraction of sp³-hybridized carbons (Fsp3) is 0.500. The van der Waals surface area contributed by atoms with Gasteiger partial charge in [0.1, 0.15) is 0 Å². The van der Waals surface area contributed by atoms with E-state index < -0.39 is 5.97 Å². The first kappa shape index (κ1) is 16.8. The second-order valence-electron chi connectivity index (χ2n) is 5.44. The van der Waals surface area contributed by atoms with E-state index in [-0.39, 0.29) is 17.5 Å². The van der Waals surface area contributed by atoms with E-state index in [1.165, 1.54) is 11.8 Å². The Bertz CT molecular complexity index is 429. The van der Waals surface area contributed by atoms with Crippen LogP contribution in [0.5, 0.6) is 0 Å². The molecular weight excluding hydrogens is 272 g/mol. The number of carboxylic acids is 1. The van der Waals surface area contributed by atoms with Crippen molar-refractivity contribution in [1.82, 2.24) is 0 Å². The van der Waals surface area contributed by atoms with Crippen molar-refractivity contribution in [3.05, 3.63) is 35.9 Å². The lowest BCUT2D eigenvalue weighted by atomic mass is 9.92. The van der Waals surface area contributed by atoms with Gasteiger partial charge in [-0.3, -0.25) is 9.59 Å². The summed E-state index contributed by atoms with van der Waals surface area (Å²) in [6, 6.07) is 9.83. The standard InChI is InChI=1S/C16H22O3S/c1-12(2)8-14(9-15(17)18)10-16(19)20-11-13-6-4-3-5-7-13/h3-7,12,14H,8-11H2,1-2H3,(H,17,18). The van der Waals surface area contributed by atoms with E-state index in [1.807, 2.05) is 30.3 Å². The molecule has 0 saturated carbocycles. The number of aliphatic carboxylic acids is 1. The summed E-state index contributed by atoms with van der Waals surface area (Å²) in [6.45, 7) is 4.10. The Kier molecular flexibility index (Phi) is 7.37. The van der Waals surface area contributed by atoms with Gasteiger partial charge in [-0.15, -0.1) is 0 Å². The lowest BCUT2D eigenvalue weighted by Crippen LogP contribution is -2.13. The number of benzene rings is 1. The van der Waals surface area contributed by atoms with E-state index in [0.29, 0.717) is 18.1 Å². The molecule has 0 heterocycles. The number of thioether (sulfide) groups is 1. The van der Waals surface area contributed by atoms with Gasteiger partial charge in [0.25, 0.3) is 0 Å². The Balaban J connectivity index is 2.42. The molecule has 1 rings (SSSR count). The van der Waals surface area contributed by atoms with Gasteiger partial charge in [0, 0.05) is 18.6 Å². The Morgan fingerprint density at radius 2 is 1.80 bits per heavy atom. The molecule has 0 aliphatic heterocycles. The quantitative estimate of drug-likeness (QED) is 0.788. The molecule has 0 amide bonds. The highest BCUT2D eigenvalue weighted by Crippen LogP contribution is 2.24. The summed E-state index contributed by atoms with van der Waals surface area (Å²) in [4.78, 5) is 22.8. The number of carbonyl (C=O) groups is 2. The summed E-state index contributed by atoms with van der Waals surface area (Å²) >= 11 is 1.28. The van der Waals surface area contributed by atoms with Gasteiger partial charge in [-0.05, 0) is 23.8 Å². The molecule has 0 bridgehead atoms. The number of hydrogen-bond donors (Lipinski definition) is 1. The molecule has 1 N–H and O–H groups in total. The van der Waals surface area contributed by atoms with E-state index in [0.717, 1.165) is 12.0 Å². The molecule has 0 aliphatic carbocycles. The van der Waals surface area contributed by atoms with Crippen molar-refractivity contribution >= 4 is 22.8 Å². The zero-order valence-electron chi connectivity index (χ0n) is 12.0. The Hall–Kier alpha value is -1.29. The molecule has 1 aromatic carbocycles. The van der Waals surface area contributed by atoms with Crippen molar-refractivity contribution in [1.29, 1.82) is 0 Å². The maximum atomic E-state index is 12.0. The maximum absolute atomic E-state index is 12.0. The highest BCUT2D eigenvalue weighted by molar-refractivity contribution is 8.12. The van der Waals surface area contributed by atoms with Gasteiger partial charge < -0.3 is 5.11 Å². The zero-order chi connectivity index (χ0) is 15.0. The van der Waals surface area contributed by atoms with E-state index in [4.69, 9.17) is 5.11 Å². The van der Waals surface area contributed by atoms with E-state index in [9.17, 15) is 9.59 Å². The molecule has 20 heavy (non-hydrogen) atoms. The van der Waals surface area contributed by atoms with Crippen LogP contribution < -0.4 is 0 Å². The fourth-order valence-electron chi connectivity index (χ4n) is 2.19. The van der Waals surface area contributed by atoms with Crippen LogP contribution in [0.25, 0.3) is 0 Å². The summed E-state index contributed by atoms with van der Waals surface area (Å²) in [5.74, 6) is 0.187. The molecule has 0 fully saturated rings. The monoisotopic (exact) mass is 294 g/mol. The predicted octanol–water partition coefficient (Wildman–Crippen LogP) is 3.97. The minimum Gasteiger partial charge on any atom is -0.481 e. The van der Waals surface area contributed by atoms with Crippen LogP contribution in [0.4, 0.5) is 0 Å². The third kappa shape index (κ3) is 7.34. The first-order valence-corrected chi connectivity index (χ1v) is 7.87. The van der Waals surface area contributed by atoms with Gasteiger partial charge in [0.2, 0.25) is 0 Å². The van der Waals surface area contributed by atoms with Crippen LogP contribution in [0.3, 0.4) is 0 Å². The molecule has 0 spiro atoms. The summed E-state index contributed by atoms with van der Waals surface area (Å²) < 4.78 is 0. The lowest BCUT2D eigenvalue weighted by molar-refractivity contribution is -0.138. The molecule has 0 aliphatic rings. The van der Waals surface area contributed by atoms with E-state index in [1.54, 1.807) is 0 Å². The average molecular weight is 294 g/mol. The van der Waals surface area contributed by atoms with Crippen LogP contribution in [-0.2, 0) is 15.3 Å². The van der Waals surface area contributed by atoms with Gasteiger partial charge in [0.05, 0.1) is 0 Å². The van der Waals surface area contributed by atoms with Crippen molar-refractivity contribution in [3.63, 3.8) is 0 Å². The van der Waals surface area contributed by atoms with Crippen molar-refractivity contribution in [2.45, 2.75) is 38.9 Å². The molecule has 1 aromatic rings. The number of hydrogen-bond acceptors (Lipinski definition) is 3. The average Bonchev–Trinajstić information content (AvgIpc) is 2.36. The maximum Gasteiger partial charge on any atom is 0.303 e. The molecule has 1 unspecified atom stereocenters. The van der Waals surface area contributed by atoms with Crippen LogP contribution >= 0.6 is 11.8 Å². The Labute approximate surface area is 124 Å². The Morgan fingerprint density at radius 1 is 1.15 bits per heavy atom. The van der Waals surface area contributed by atoms with Gasteiger partial charge in [-0.2, -0.15) is 0 Å². The summed E-state index contributed by atoms with van der Waals surface area (Å²) in [5, 5.41) is 8.98. The molecule has 0 saturated heterocycles. The number of rotatable bonds is 8. The molecule has 1 atom stereocenters. The predicted molar refractivity (Wildman–Crippen MR) is 82.6 cm³/mol. The van der Waals surface area contributed by atoms with Gasteiger partial charge in [0.15, 0.2) is 5.12 Å². The molecule has 3 nitrogen and oxygen atoms in total. The molecular formula is C16H22O3S. The number of carboxylic acid groups (broad SMARTS) is 1. The van der Waals surface area contributed by atoms with Crippen LogP contribution in [0.15, 0.2) is 30.3 Å². The first-order valence-electron chi connectivity index (χ1n) is 6.88. The second kappa shape index (κ2) is 8.80.